The molecule has 0 spiro atoms. The van der Waals surface area contributed by atoms with E-state index in [0.717, 1.165) is 41.6 Å². The van der Waals surface area contributed by atoms with E-state index in [9.17, 15) is 18.0 Å². The first-order valence-corrected chi connectivity index (χ1v) is 15.6. The third kappa shape index (κ3) is 7.26. The molecule has 1 N–H and O–H groups in total. The fourth-order valence-corrected chi connectivity index (χ4v) is 6.72. The summed E-state index contributed by atoms with van der Waals surface area (Å²) in [5.41, 5.74) is 1.19. The van der Waals surface area contributed by atoms with Crippen molar-refractivity contribution in [1.82, 2.24) is 10.2 Å². The number of carbonyl (C=O) groups excluding carboxylic acids is 2. The maximum absolute atomic E-state index is 15.1. The van der Waals surface area contributed by atoms with E-state index >= 15 is 4.39 Å². The smallest absolute Gasteiger partial charge is 0.264 e. The van der Waals surface area contributed by atoms with E-state index in [2.05, 4.69) is 5.32 Å². The maximum Gasteiger partial charge on any atom is 0.264 e. The average molecular weight is 600 g/mol. The number of para-hydroxylation sites is 1. The Labute approximate surface area is 246 Å². The number of aryl methyl sites for hydroxylation is 1. The molecule has 2 amide bonds. The summed E-state index contributed by atoms with van der Waals surface area (Å²) >= 11 is 6.43. The van der Waals surface area contributed by atoms with Crippen molar-refractivity contribution >= 4 is 39.1 Å². The molecule has 0 heterocycles. The Balaban J connectivity index is 1.73. The molecule has 41 heavy (non-hydrogen) atoms. The monoisotopic (exact) mass is 599 g/mol. The Morgan fingerprint density at radius 3 is 2.27 bits per heavy atom. The number of rotatable bonds is 11. The van der Waals surface area contributed by atoms with Crippen LogP contribution >= 0.6 is 11.6 Å². The standard InChI is InChI=1S/C31H35ClFN3O4S/c1-3-28(31(38)34-24-11-5-6-12-24)35(20-23-10-4-7-13-26(23)32)30(37)21-36(29-15-9-8-14-27(29)33)41(39,40)25-18-16-22(2)17-19-25/h4,7-10,13-19,24,28H,3,5-6,11-12,20-21H2,1-2H3,(H,34,38). The van der Waals surface area contributed by atoms with Crippen LogP contribution in [0.2, 0.25) is 5.02 Å². The molecule has 0 radical (unpaired) electrons. The molecule has 1 unspecified atom stereocenters. The average Bonchev–Trinajstić information content (AvgIpc) is 3.46. The molecule has 1 fully saturated rings. The zero-order valence-corrected chi connectivity index (χ0v) is 24.8. The molecule has 0 aromatic heterocycles. The molecule has 1 aliphatic rings. The van der Waals surface area contributed by atoms with Crippen molar-refractivity contribution in [3.05, 3.63) is 94.8 Å². The number of hydrogen-bond donors (Lipinski definition) is 1. The van der Waals surface area contributed by atoms with Crippen LogP contribution in [0, 0.1) is 12.7 Å². The molecule has 218 valence electrons. The van der Waals surface area contributed by atoms with Crippen LogP contribution in [0.1, 0.15) is 50.2 Å². The zero-order valence-electron chi connectivity index (χ0n) is 23.2. The maximum atomic E-state index is 15.1. The number of amides is 2. The second-order valence-electron chi connectivity index (χ2n) is 10.3. The first-order chi connectivity index (χ1) is 19.6. The molecule has 1 aliphatic carbocycles. The van der Waals surface area contributed by atoms with Gasteiger partial charge in [0.1, 0.15) is 18.4 Å². The van der Waals surface area contributed by atoms with Gasteiger partial charge in [-0.1, -0.05) is 79.4 Å². The summed E-state index contributed by atoms with van der Waals surface area (Å²) in [6, 6.07) is 17.7. The molecule has 0 aliphatic heterocycles. The summed E-state index contributed by atoms with van der Waals surface area (Å²) in [5, 5.41) is 3.48. The summed E-state index contributed by atoms with van der Waals surface area (Å²) in [7, 11) is -4.36. The third-order valence-electron chi connectivity index (χ3n) is 7.39. The van der Waals surface area contributed by atoms with Crippen LogP contribution in [-0.4, -0.2) is 43.8 Å². The van der Waals surface area contributed by atoms with Gasteiger partial charge in [0.15, 0.2) is 0 Å². The van der Waals surface area contributed by atoms with Crippen molar-refractivity contribution in [3.8, 4) is 0 Å². The number of nitrogens with zero attached hydrogens (tertiary/aromatic N) is 2. The van der Waals surface area contributed by atoms with Gasteiger partial charge in [-0.2, -0.15) is 0 Å². The van der Waals surface area contributed by atoms with Crippen LogP contribution in [0.3, 0.4) is 0 Å². The predicted octanol–water partition coefficient (Wildman–Crippen LogP) is 5.85. The number of carbonyl (C=O) groups is 2. The first kappa shape index (κ1) is 30.5. The topological polar surface area (TPSA) is 86.8 Å². The van der Waals surface area contributed by atoms with Gasteiger partial charge in [-0.05, 0) is 62.1 Å². The molecular formula is C31H35ClFN3O4S. The van der Waals surface area contributed by atoms with E-state index in [1.807, 2.05) is 6.92 Å². The van der Waals surface area contributed by atoms with Crippen LogP contribution in [0.15, 0.2) is 77.7 Å². The lowest BCUT2D eigenvalue weighted by molar-refractivity contribution is -0.140. The zero-order chi connectivity index (χ0) is 29.6. The highest BCUT2D eigenvalue weighted by atomic mass is 35.5. The Morgan fingerprint density at radius 1 is 1.00 bits per heavy atom. The highest BCUT2D eigenvalue weighted by Crippen LogP contribution is 2.28. The van der Waals surface area contributed by atoms with Crippen molar-refractivity contribution in [1.29, 1.82) is 0 Å². The van der Waals surface area contributed by atoms with Crippen molar-refractivity contribution in [2.75, 3.05) is 10.8 Å². The Bertz CT molecular complexity index is 1480. The Morgan fingerprint density at radius 2 is 1.63 bits per heavy atom. The molecule has 0 saturated heterocycles. The van der Waals surface area contributed by atoms with Gasteiger partial charge < -0.3 is 10.2 Å². The minimum Gasteiger partial charge on any atom is -0.352 e. The number of anilines is 1. The van der Waals surface area contributed by atoms with E-state index in [-0.39, 0.29) is 29.1 Å². The van der Waals surface area contributed by atoms with E-state index in [1.165, 1.54) is 35.2 Å². The van der Waals surface area contributed by atoms with Crippen molar-refractivity contribution in [3.63, 3.8) is 0 Å². The largest absolute Gasteiger partial charge is 0.352 e. The van der Waals surface area contributed by atoms with E-state index in [0.29, 0.717) is 17.0 Å². The lowest BCUT2D eigenvalue weighted by Crippen LogP contribution is -2.53. The van der Waals surface area contributed by atoms with Gasteiger partial charge in [-0.3, -0.25) is 13.9 Å². The van der Waals surface area contributed by atoms with Crippen LogP contribution in [0.25, 0.3) is 0 Å². The quantitative estimate of drug-likeness (QED) is 0.300. The second-order valence-corrected chi connectivity index (χ2v) is 12.6. The van der Waals surface area contributed by atoms with Gasteiger partial charge in [0.25, 0.3) is 10.0 Å². The summed E-state index contributed by atoms with van der Waals surface area (Å²) in [6.45, 7) is 2.88. The van der Waals surface area contributed by atoms with Crippen molar-refractivity contribution < 1.29 is 22.4 Å². The van der Waals surface area contributed by atoms with Crippen molar-refractivity contribution in [2.45, 2.75) is 69.5 Å². The number of sulfonamides is 1. The summed E-state index contributed by atoms with van der Waals surface area (Å²) in [6.07, 6.45) is 4.09. The van der Waals surface area contributed by atoms with Gasteiger partial charge in [0.2, 0.25) is 11.8 Å². The Kier molecular flexibility index (Phi) is 10.0. The summed E-state index contributed by atoms with van der Waals surface area (Å²) in [5.74, 6) is -1.75. The molecule has 7 nitrogen and oxygen atoms in total. The van der Waals surface area contributed by atoms with E-state index < -0.39 is 34.3 Å². The predicted molar refractivity (Wildman–Crippen MR) is 159 cm³/mol. The van der Waals surface area contributed by atoms with Gasteiger partial charge >= 0.3 is 0 Å². The van der Waals surface area contributed by atoms with Crippen LogP contribution in [0.5, 0.6) is 0 Å². The van der Waals surface area contributed by atoms with Crippen LogP contribution in [0.4, 0.5) is 10.1 Å². The van der Waals surface area contributed by atoms with Crippen LogP contribution in [-0.2, 0) is 26.2 Å². The molecule has 0 bridgehead atoms. The number of hydrogen-bond acceptors (Lipinski definition) is 4. The normalized spacial score (nSPS) is 14.4. The lowest BCUT2D eigenvalue weighted by Gasteiger charge is -2.34. The molecule has 3 aromatic carbocycles. The van der Waals surface area contributed by atoms with Gasteiger partial charge in [0, 0.05) is 17.6 Å². The first-order valence-electron chi connectivity index (χ1n) is 13.8. The molecule has 1 atom stereocenters. The summed E-state index contributed by atoms with van der Waals surface area (Å²) in [4.78, 5) is 28.9. The highest BCUT2D eigenvalue weighted by Gasteiger charge is 2.35. The minimum absolute atomic E-state index is 0.0230. The van der Waals surface area contributed by atoms with E-state index in [1.54, 1.807) is 43.3 Å². The van der Waals surface area contributed by atoms with Gasteiger partial charge in [-0.15, -0.1) is 0 Å². The second kappa shape index (κ2) is 13.5. The molecule has 3 aromatic rings. The Hall–Kier alpha value is -3.43. The minimum atomic E-state index is -4.36. The summed E-state index contributed by atoms with van der Waals surface area (Å²) < 4.78 is 43.6. The van der Waals surface area contributed by atoms with Crippen LogP contribution < -0.4 is 9.62 Å². The van der Waals surface area contributed by atoms with Crippen molar-refractivity contribution in [2.24, 2.45) is 0 Å². The number of nitrogens with one attached hydrogen (secondary N) is 1. The lowest BCUT2D eigenvalue weighted by atomic mass is 10.1. The fraction of sp³-hybridized carbons (Fsp3) is 0.355. The number of halogens is 2. The van der Waals surface area contributed by atoms with E-state index in [4.69, 9.17) is 11.6 Å². The third-order valence-corrected chi connectivity index (χ3v) is 9.54. The number of benzene rings is 3. The SMILES string of the molecule is CCC(C(=O)NC1CCCC1)N(Cc1ccccc1Cl)C(=O)CN(c1ccccc1F)S(=O)(=O)c1ccc(C)cc1. The fourth-order valence-electron chi connectivity index (χ4n) is 5.10. The molecule has 10 heteroatoms. The highest BCUT2D eigenvalue weighted by molar-refractivity contribution is 7.92. The van der Waals surface area contributed by atoms with Gasteiger partial charge in [-0.25, -0.2) is 12.8 Å². The molecule has 4 rings (SSSR count). The molecule has 1 saturated carbocycles. The molecular weight excluding hydrogens is 565 g/mol. The van der Waals surface area contributed by atoms with Gasteiger partial charge in [0.05, 0.1) is 10.6 Å².